The maximum absolute atomic E-state index is 13.2. The lowest BCUT2D eigenvalue weighted by molar-refractivity contribution is -0.149. The molecule has 0 unspecified atom stereocenters. The third kappa shape index (κ3) is 3.62. The van der Waals surface area contributed by atoms with E-state index >= 15 is 0 Å². The van der Waals surface area contributed by atoms with E-state index in [4.69, 9.17) is 20.9 Å². The Morgan fingerprint density at radius 1 is 1.33 bits per heavy atom. The average Bonchev–Trinajstić information content (AvgIpc) is 3.46. The van der Waals surface area contributed by atoms with Crippen LogP contribution in [-0.4, -0.2) is 62.8 Å². The van der Waals surface area contributed by atoms with Gasteiger partial charge in [-0.15, -0.1) is 11.8 Å². The van der Waals surface area contributed by atoms with E-state index < -0.39 is 29.2 Å². The fourth-order valence-corrected chi connectivity index (χ4v) is 6.07. The number of fused-ring (bicyclic) bond motifs is 1. The molecule has 33 heavy (non-hydrogen) atoms. The zero-order chi connectivity index (χ0) is 23.3. The number of carboxylic acid groups (broad SMARTS) is 1. The van der Waals surface area contributed by atoms with Crippen molar-refractivity contribution in [3.63, 3.8) is 0 Å². The molecule has 2 fully saturated rings. The summed E-state index contributed by atoms with van der Waals surface area (Å²) < 4.78 is 10.9. The molecule has 0 radical (unpaired) electrons. The number of nitrogens with one attached hydrogen (secondary N) is 1. The van der Waals surface area contributed by atoms with Crippen molar-refractivity contribution in [1.82, 2.24) is 15.4 Å². The van der Waals surface area contributed by atoms with Crippen LogP contribution in [0.4, 0.5) is 0 Å². The summed E-state index contributed by atoms with van der Waals surface area (Å²) in [6, 6.07) is 6.07. The van der Waals surface area contributed by atoms with Crippen molar-refractivity contribution in [2.75, 3.05) is 12.4 Å². The highest BCUT2D eigenvalue weighted by molar-refractivity contribution is 8.00. The Bertz CT molecular complexity index is 1190. The molecular formula is C22H20ClN3O6S. The largest absolute Gasteiger partial charge is 0.477 e. The Morgan fingerprint density at radius 3 is 2.82 bits per heavy atom. The minimum atomic E-state index is -1.17. The second kappa shape index (κ2) is 8.51. The van der Waals surface area contributed by atoms with Crippen LogP contribution < -0.4 is 5.32 Å². The van der Waals surface area contributed by atoms with Crippen LogP contribution in [0.1, 0.15) is 29.0 Å². The van der Waals surface area contributed by atoms with Gasteiger partial charge in [0.1, 0.15) is 34.1 Å². The number of carbonyl (C=O) groups excluding carboxylic acids is 2. The Labute approximate surface area is 198 Å². The maximum Gasteiger partial charge on any atom is 0.352 e. The number of thioether (sulfide) groups is 1. The lowest BCUT2D eigenvalue weighted by atomic mass is 9.98. The molecule has 2 amide bonds. The number of nitrogens with zero attached hydrogens (tertiary/aromatic N) is 2. The molecule has 3 aliphatic rings. The summed E-state index contributed by atoms with van der Waals surface area (Å²) in [5.74, 6) is -1.46. The van der Waals surface area contributed by atoms with Crippen LogP contribution in [0.3, 0.4) is 0 Å². The van der Waals surface area contributed by atoms with Crippen LogP contribution in [0.5, 0.6) is 0 Å². The molecule has 5 rings (SSSR count). The maximum atomic E-state index is 13.2. The van der Waals surface area contributed by atoms with Crippen LogP contribution in [0.2, 0.25) is 5.02 Å². The molecule has 1 aromatic carbocycles. The summed E-state index contributed by atoms with van der Waals surface area (Å²) in [5.41, 5.74) is 1.59. The second-order valence-electron chi connectivity index (χ2n) is 7.98. The predicted octanol–water partition coefficient (Wildman–Crippen LogP) is 2.83. The fourth-order valence-electron chi connectivity index (χ4n) is 4.43. The van der Waals surface area contributed by atoms with Gasteiger partial charge in [0.2, 0.25) is 0 Å². The Morgan fingerprint density at radius 2 is 2.12 bits per heavy atom. The van der Waals surface area contributed by atoms with Crippen molar-refractivity contribution in [2.45, 2.75) is 37.3 Å². The lowest BCUT2D eigenvalue weighted by Gasteiger charge is -2.49. The normalized spacial score (nSPS) is 24.5. The molecule has 2 aromatic rings. The van der Waals surface area contributed by atoms with Crippen molar-refractivity contribution in [3.05, 3.63) is 51.9 Å². The number of aryl methyl sites for hydroxylation is 1. The number of aliphatic carboxylic acids is 1. The first-order valence-corrected chi connectivity index (χ1v) is 11.9. The van der Waals surface area contributed by atoms with Gasteiger partial charge in [-0.05, 0) is 31.4 Å². The predicted molar refractivity (Wildman–Crippen MR) is 120 cm³/mol. The Hall–Kier alpha value is -2.82. The molecule has 2 saturated heterocycles. The second-order valence-corrected chi connectivity index (χ2v) is 9.50. The van der Waals surface area contributed by atoms with Crippen LogP contribution in [-0.2, 0) is 14.3 Å². The SMILES string of the molecule is Cc1onc(-c2ccccc2Cl)c1C(=O)N[C@@H]1C(=O)N2C(C(=O)O)=C([C@@H]3CCCO3)CS[C@H]12. The standard InChI is InChI=1S/C22H20ClN3O6S/c1-10-15(16(25-32-10)11-5-2-3-6-13(11)23)19(27)24-17-20(28)26-18(22(29)30)12(9-33-21(17)26)14-7-4-8-31-14/h2-3,5-6,14,17,21H,4,7-9H2,1H3,(H,24,27)(H,29,30)/t14-,17+,21+/m0/s1. The number of aromatic nitrogens is 1. The molecule has 0 saturated carbocycles. The van der Waals surface area contributed by atoms with Gasteiger partial charge < -0.3 is 19.7 Å². The molecule has 0 spiro atoms. The van der Waals surface area contributed by atoms with E-state index in [0.29, 0.717) is 28.5 Å². The molecule has 3 atom stereocenters. The molecule has 9 nitrogen and oxygen atoms in total. The van der Waals surface area contributed by atoms with E-state index in [1.54, 1.807) is 31.2 Å². The van der Waals surface area contributed by atoms with Crippen LogP contribution in [0, 0.1) is 6.92 Å². The zero-order valence-electron chi connectivity index (χ0n) is 17.5. The number of halogens is 1. The van der Waals surface area contributed by atoms with Crippen LogP contribution >= 0.6 is 23.4 Å². The van der Waals surface area contributed by atoms with Crippen molar-refractivity contribution < 1.29 is 28.8 Å². The molecule has 4 heterocycles. The van der Waals surface area contributed by atoms with E-state index in [1.165, 1.54) is 16.7 Å². The third-order valence-electron chi connectivity index (χ3n) is 6.02. The minimum absolute atomic E-state index is 0.0286. The molecule has 1 aromatic heterocycles. The van der Waals surface area contributed by atoms with Gasteiger partial charge in [-0.3, -0.25) is 14.5 Å². The van der Waals surface area contributed by atoms with Crippen molar-refractivity contribution >= 4 is 41.1 Å². The molecule has 172 valence electrons. The number of amides is 2. The molecule has 3 aliphatic heterocycles. The fraction of sp³-hybridized carbons (Fsp3) is 0.364. The van der Waals surface area contributed by atoms with E-state index in [-0.39, 0.29) is 28.8 Å². The van der Waals surface area contributed by atoms with Gasteiger partial charge in [0, 0.05) is 17.9 Å². The Balaban J connectivity index is 1.39. The number of rotatable bonds is 5. The average molecular weight is 490 g/mol. The van der Waals surface area contributed by atoms with Crippen LogP contribution in [0.25, 0.3) is 11.3 Å². The van der Waals surface area contributed by atoms with Crippen molar-refractivity contribution in [2.24, 2.45) is 0 Å². The number of hydrogen-bond donors (Lipinski definition) is 2. The summed E-state index contributed by atoms with van der Waals surface area (Å²) >= 11 is 7.68. The highest BCUT2D eigenvalue weighted by Crippen LogP contribution is 2.43. The van der Waals surface area contributed by atoms with Gasteiger partial charge in [-0.25, -0.2) is 4.79 Å². The topological polar surface area (TPSA) is 122 Å². The first-order valence-electron chi connectivity index (χ1n) is 10.4. The number of carboxylic acids is 1. The summed E-state index contributed by atoms with van der Waals surface area (Å²) in [7, 11) is 0. The highest BCUT2D eigenvalue weighted by Gasteiger charge is 2.55. The van der Waals surface area contributed by atoms with E-state index in [2.05, 4.69) is 10.5 Å². The number of ether oxygens (including phenoxy) is 1. The van der Waals surface area contributed by atoms with E-state index in [0.717, 1.165) is 12.8 Å². The van der Waals surface area contributed by atoms with Gasteiger partial charge in [0.25, 0.3) is 11.8 Å². The zero-order valence-corrected chi connectivity index (χ0v) is 19.1. The number of hydrogen-bond acceptors (Lipinski definition) is 7. The third-order valence-corrected chi connectivity index (χ3v) is 7.66. The first kappa shape index (κ1) is 22.0. The van der Waals surface area contributed by atoms with E-state index in [9.17, 15) is 19.5 Å². The van der Waals surface area contributed by atoms with E-state index in [1.807, 2.05) is 0 Å². The summed E-state index contributed by atoms with van der Waals surface area (Å²) in [5, 5.41) is 16.4. The molecule has 2 N–H and O–H groups in total. The van der Waals surface area contributed by atoms with Gasteiger partial charge >= 0.3 is 5.97 Å². The number of β-lactam (4-membered cyclic amide) rings is 1. The summed E-state index contributed by atoms with van der Waals surface area (Å²) in [6.45, 7) is 2.18. The van der Waals surface area contributed by atoms with Gasteiger partial charge in [0.15, 0.2) is 0 Å². The van der Waals surface area contributed by atoms with Gasteiger partial charge in [-0.2, -0.15) is 0 Å². The monoisotopic (exact) mass is 489 g/mol. The van der Waals surface area contributed by atoms with Crippen molar-refractivity contribution in [3.8, 4) is 11.3 Å². The van der Waals surface area contributed by atoms with Gasteiger partial charge in [0.05, 0.1) is 11.1 Å². The molecule has 0 aliphatic carbocycles. The minimum Gasteiger partial charge on any atom is -0.477 e. The summed E-state index contributed by atoms with van der Waals surface area (Å²) in [4.78, 5) is 39.4. The van der Waals surface area contributed by atoms with Crippen LogP contribution in [0.15, 0.2) is 40.1 Å². The van der Waals surface area contributed by atoms with Crippen molar-refractivity contribution in [1.29, 1.82) is 0 Å². The molecule has 11 heteroatoms. The quantitative estimate of drug-likeness (QED) is 0.615. The Kier molecular flexibility index (Phi) is 5.67. The molecular weight excluding hydrogens is 470 g/mol. The highest BCUT2D eigenvalue weighted by atomic mass is 35.5. The lowest BCUT2D eigenvalue weighted by Crippen LogP contribution is -2.70. The smallest absolute Gasteiger partial charge is 0.352 e. The number of benzene rings is 1. The van der Waals surface area contributed by atoms with Gasteiger partial charge in [-0.1, -0.05) is 35.0 Å². The summed E-state index contributed by atoms with van der Waals surface area (Å²) in [6.07, 6.45) is 1.30. The first-order chi connectivity index (χ1) is 15.9. The number of carbonyl (C=O) groups is 3. The molecule has 0 bridgehead atoms.